The molecule has 1 aromatic rings. The van der Waals surface area contributed by atoms with E-state index in [0.717, 1.165) is 55.3 Å². The fourth-order valence-corrected chi connectivity index (χ4v) is 7.05. The van der Waals surface area contributed by atoms with Gasteiger partial charge in [-0.15, -0.1) is 0 Å². The average molecular weight is 635 g/mol. The number of rotatable bonds is 16. The summed E-state index contributed by atoms with van der Waals surface area (Å²) in [5, 5.41) is 4.71. The Labute approximate surface area is 258 Å². The van der Waals surface area contributed by atoms with Gasteiger partial charge in [-0.2, -0.15) is 0 Å². The van der Waals surface area contributed by atoms with Crippen LogP contribution in [0.25, 0.3) is 5.70 Å². The molecule has 224 valence electrons. The second-order valence-corrected chi connectivity index (χ2v) is 13.8. The van der Waals surface area contributed by atoms with Crippen molar-refractivity contribution in [1.29, 1.82) is 0 Å². The number of hydrogen-bond donors (Lipinski definition) is 1. The van der Waals surface area contributed by atoms with Gasteiger partial charge < -0.3 is 5.32 Å². The molecule has 0 aromatic heterocycles. The lowest BCUT2D eigenvalue weighted by atomic mass is 9.72. The van der Waals surface area contributed by atoms with Crippen molar-refractivity contribution < 1.29 is 4.39 Å². The van der Waals surface area contributed by atoms with Crippen molar-refractivity contribution in [3.63, 3.8) is 0 Å². The second kappa shape index (κ2) is 15.4. The SMILES string of the molecule is C=C(/C(CCC)=C(/NC(CCC)(CCC(C)CC)C(C)=C1CCC1)c1cc(Cl)c(Br)c(F)c1CCC)C1CCC1. The Morgan fingerprint density at radius 2 is 1.82 bits per heavy atom. The number of halogens is 3. The third kappa shape index (κ3) is 7.47. The van der Waals surface area contributed by atoms with Crippen LogP contribution in [0.5, 0.6) is 0 Å². The summed E-state index contributed by atoms with van der Waals surface area (Å²) in [6.45, 7) is 18.4. The van der Waals surface area contributed by atoms with Crippen LogP contribution in [0.15, 0.2) is 39.4 Å². The van der Waals surface area contributed by atoms with Gasteiger partial charge in [-0.3, -0.25) is 0 Å². The Hall–Kier alpha value is -1.06. The Kier molecular flexibility index (Phi) is 12.9. The molecule has 40 heavy (non-hydrogen) atoms. The topological polar surface area (TPSA) is 12.0 Å². The van der Waals surface area contributed by atoms with Gasteiger partial charge in [-0.1, -0.05) is 90.5 Å². The normalized spacial score (nSPS) is 18.4. The molecule has 2 fully saturated rings. The lowest BCUT2D eigenvalue weighted by Crippen LogP contribution is -2.47. The Morgan fingerprint density at radius 1 is 1.12 bits per heavy atom. The first-order valence-electron chi connectivity index (χ1n) is 16.2. The van der Waals surface area contributed by atoms with Gasteiger partial charge in [0.2, 0.25) is 0 Å². The van der Waals surface area contributed by atoms with Crippen molar-refractivity contribution in [2.45, 2.75) is 143 Å². The van der Waals surface area contributed by atoms with E-state index in [9.17, 15) is 0 Å². The van der Waals surface area contributed by atoms with E-state index in [1.165, 1.54) is 68.1 Å². The van der Waals surface area contributed by atoms with E-state index in [0.29, 0.717) is 27.8 Å². The summed E-state index contributed by atoms with van der Waals surface area (Å²) < 4.78 is 16.3. The molecule has 0 heterocycles. The molecular formula is C36H54BrClFN. The molecule has 0 amide bonds. The van der Waals surface area contributed by atoms with Gasteiger partial charge in [0.25, 0.3) is 0 Å². The monoisotopic (exact) mass is 633 g/mol. The third-order valence-electron chi connectivity index (χ3n) is 9.83. The lowest BCUT2D eigenvalue weighted by molar-refractivity contribution is 0.324. The highest BCUT2D eigenvalue weighted by Gasteiger charge is 2.37. The Balaban J connectivity index is 2.33. The smallest absolute Gasteiger partial charge is 0.142 e. The van der Waals surface area contributed by atoms with E-state index in [1.807, 2.05) is 6.07 Å². The maximum atomic E-state index is 16.0. The minimum atomic E-state index is -0.219. The first-order valence-corrected chi connectivity index (χ1v) is 17.4. The zero-order valence-electron chi connectivity index (χ0n) is 26.2. The fraction of sp³-hybridized carbons (Fsp3) is 0.667. The van der Waals surface area contributed by atoms with Crippen molar-refractivity contribution in [1.82, 2.24) is 5.32 Å². The molecule has 2 saturated carbocycles. The minimum absolute atomic E-state index is 0.165. The average Bonchev–Trinajstić information content (AvgIpc) is 2.87. The van der Waals surface area contributed by atoms with Crippen LogP contribution in [-0.4, -0.2) is 5.54 Å². The molecule has 3 rings (SSSR count). The molecule has 4 heteroatoms. The van der Waals surface area contributed by atoms with Gasteiger partial charge in [0.15, 0.2) is 0 Å². The number of allylic oxidation sites excluding steroid dienone is 3. The van der Waals surface area contributed by atoms with Crippen molar-refractivity contribution in [2.75, 3.05) is 0 Å². The quantitative estimate of drug-likeness (QED) is 0.108. The molecular weight excluding hydrogens is 581 g/mol. The predicted octanol–water partition coefficient (Wildman–Crippen LogP) is 12.5. The summed E-state index contributed by atoms with van der Waals surface area (Å²) in [6.07, 6.45) is 16.5. The fourth-order valence-electron chi connectivity index (χ4n) is 6.50. The van der Waals surface area contributed by atoms with Crippen LogP contribution in [0.1, 0.15) is 143 Å². The summed E-state index contributed by atoms with van der Waals surface area (Å²) in [5.74, 6) is 0.971. The molecule has 2 unspecified atom stereocenters. The van der Waals surface area contributed by atoms with Crippen molar-refractivity contribution in [3.05, 3.63) is 61.4 Å². The van der Waals surface area contributed by atoms with Crippen molar-refractivity contribution >= 4 is 33.2 Å². The molecule has 1 nitrogen and oxygen atoms in total. The summed E-state index contributed by atoms with van der Waals surface area (Å²) in [4.78, 5) is 0. The van der Waals surface area contributed by atoms with Gasteiger partial charge in [0.1, 0.15) is 5.82 Å². The van der Waals surface area contributed by atoms with Crippen LogP contribution in [0.4, 0.5) is 4.39 Å². The van der Waals surface area contributed by atoms with Crippen LogP contribution >= 0.6 is 27.5 Å². The summed E-state index contributed by atoms with van der Waals surface area (Å²) in [7, 11) is 0. The minimum Gasteiger partial charge on any atom is -0.375 e. The van der Waals surface area contributed by atoms with Gasteiger partial charge in [0, 0.05) is 11.3 Å². The van der Waals surface area contributed by atoms with Crippen molar-refractivity contribution in [2.24, 2.45) is 11.8 Å². The van der Waals surface area contributed by atoms with E-state index in [4.69, 9.17) is 18.2 Å². The van der Waals surface area contributed by atoms with Crippen LogP contribution in [-0.2, 0) is 6.42 Å². The van der Waals surface area contributed by atoms with E-state index < -0.39 is 0 Å². The molecule has 0 spiro atoms. The molecule has 1 N–H and O–H groups in total. The van der Waals surface area contributed by atoms with Gasteiger partial charge >= 0.3 is 0 Å². The van der Waals surface area contributed by atoms with Gasteiger partial charge in [-0.25, -0.2) is 4.39 Å². The first-order chi connectivity index (χ1) is 19.1. The highest BCUT2D eigenvalue weighted by atomic mass is 79.9. The molecule has 1 aromatic carbocycles. The summed E-state index contributed by atoms with van der Waals surface area (Å²) in [5.41, 5.74) is 8.30. The maximum absolute atomic E-state index is 16.0. The number of benzene rings is 1. The summed E-state index contributed by atoms with van der Waals surface area (Å²) >= 11 is 10.2. The second-order valence-electron chi connectivity index (χ2n) is 12.6. The van der Waals surface area contributed by atoms with Gasteiger partial charge in [0.05, 0.1) is 15.0 Å². The molecule has 2 aliphatic rings. The summed E-state index contributed by atoms with van der Waals surface area (Å²) in [6, 6.07) is 2.02. The molecule has 2 atom stereocenters. The number of nitrogens with one attached hydrogen (secondary N) is 1. The Morgan fingerprint density at radius 3 is 2.33 bits per heavy atom. The molecule has 2 aliphatic carbocycles. The van der Waals surface area contributed by atoms with E-state index in [2.05, 4.69) is 62.8 Å². The van der Waals surface area contributed by atoms with Crippen LogP contribution in [0.3, 0.4) is 0 Å². The largest absolute Gasteiger partial charge is 0.375 e. The van der Waals surface area contributed by atoms with Crippen molar-refractivity contribution in [3.8, 4) is 0 Å². The predicted molar refractivity (Wildman–Crippen MR) is 177 cm³/mol. The highest BCUT2D eigenvalue weighted by molar-refractivity contribution is 9.10. The Bertz CT molecular complexity index is 1090. The lowest BCUT2D eigenvalue weighted by Gasteiger charge is -2.43. The van der Waals surface area contributed by atoms with Crippen LogP contribution < -0.4 is 5.32 Å². The van der Waals surface area contributed by atoms with Gasteiger partial charge in [-0.05, 0) is 127 Å². The van der Waals surface area contributed by atoms with Crippen LogP contribution in [0.2, 0.25) is 5.02 Å². The van der Waals surface area contributed by atoms with E-state index in [-0.39, 0.29) is 11.4 Å². The molecule has 0 aliphatic heterocycles. The standard InChI is InChI=1S/C36H54BrClFN/c1-8-14-29(25(6)27-16-12-17-27)35(31-23-32(38)33(37)34(39)30(31)15-9-2)40-36(21-10-3,22-20-24(5)11-4)26(7)28-18-13-19-28/h23-24,27,40H,6,8-22H2,1-5,7H3/b35-29+. The molecule has 0 bridgehead atoms. The zero-order valence-corrected chi connectivity index (χ0v) is 28.5. The highest BCUT2D eigenvalue weighted by Crippen LogP contribution is 2.45. The van der Waals surface area contributed by atoms with Crippen LogP contribution in [0, 0.1) is 17.7 Å². The van der Waals surface area contributed by atoms with E-state index in [1.54, 1.807) is 5.57 Å². The zero-order chi connectivity index (χ0) is 29.4. The maximum Gasteiger partial charge on any atom is 0.142 e. The third-order valence-corrected chi connectivity index (χ3v) is 11.1. The first kappa shape index (κ1) is 33.4. The molecule has 0 radical (unpaired) electrons. The number of hydrogen-bond acceptors (Lipinski definition) is 1. The molecule has 0 saturated heterocycles. The van der Waals surface area contributed by atoms with E-state index >= 15 is 4.39 Å².